The average Bonchev–Trinajstić information content (AvgIpc) is 1.53. The van der Waals surface area contributed by atoms with E-state index in [9.17, 15) is 53.2 Å². The summed E-state index contributed by atoms with van der Waals surface area (Å²) in [5.41, 5.74) is 36.2. The average molecular weight is 1330 g/mol. The largest absolute Gasteiger partial charge is 0.685 e. The maximum absolute atomic E-state index is 14.3. The number of nitrogens with zero attached hydrogens (tertiary/aromatic N) is 7. The van der Waals surface area contributed by atoms with Crippen LogP contribution in [0.1, 0.15) is 144 Å². The summed E-state index contributed by atoms with van der Waals surface area (Å²) >= 11 is 0. The number of primary amides is 6. The minimum absolute atomic E-state index is 0. The van der Waals surface area contributed by atoms with Crippen LogP contribution in [0.25, 0.3) is 26.6 Å². The first-order valence-electron chi connectivity index (χ1n) is 30.8. The van der Waals surface area contributed by atoms with Crippen molar-refractivity contribution in [1.29, 1.82) is 0 Å². The summed E-state index contributed by atoms with van der Waals surface area (Å²) in [5, 5.41) is 48.7. The predicted molar refractivity (Wildman–Crippen MR) is 335 cm³/mol. The molecule has 8 rings (SSSR count). The topological polar surface area (TPSA) is 467 Å². The number of aliphatic hydroxyl groups excluding tert-OH is 2. The van der Waals surface area contributed by atoms with Crippen LogP contribution in [0.15, 0.2) is 51.4 Å². The number of allylic oxidation sites excluding steroid dienone is 3. The molecule has 507 valence electrons. The van der Waals surface area contributed by atoms with Crippen LogP contribution in [-0.2, 0) is 68.7 Å². The molecule has 15 N–H and O–H groups in total. The fraction of sp³-hybridized carbons (Fsp3) is 0.677. The third-order valence-electron chi connectivity index (χ3n) is 21.1. The Kier molecular flexibility index (Phi) is 21.7. The van der Waals surface area contributed by atoms with E-state index < -0.39 is 161 Å². The number of anilines is 1. The zero-order valence-corrected chi connectivity index (χ0v) is 55.7. The second-order valence-electron chi connectivity index (χ2n) is 27.4. The van der Waals surface area contributed by atoms with Gasteiger partial charge >= 0.3 is 7.82 Å². The molecule has 29 heteroatoms. The molecule has 1 aromatic carbocycles. The molecule has 7 aliphatic heterocycles. The number of aryl methyl sites for hydroxylation is 2. The van der Waals surface area contributed by atoms with E-state index in [0.29, 0.717) is 39.6 Å². The van der Waals surface area contributed by atoms with Crippen LogP contribution in [0.5, 0.6) is 0 Å². The second-order valence-corrected chi connectivity index (χ2v) is 28.8. The van der Waals surface area contributed by atoms with Gasteiger partial charge in [-0.3, -0.25) is 42.6 Å². The Bertz CT molecular complexity index is 3240. The van der Waals surface area contributed by atoms with Gasteiger partial charge in [0.1, 0.15) is 24.4 Å². The molecule has 5 fully saturated rings. The number of aliphatic imine (C=N–C) groups is 1. The fourth-order valence-electron chi connectivity index (χ4n) is 16.1. The van der Waals surface area contributed by atoms with Gasteiger partial charge in [-0.15, -0.1) is 40.5 Å². The number of aliphatic hydroxyl groups is 2. The van der Waals surface area contributed by atoms with Gasteiger partial charge < -0.3 is 85.7 Å². The van der Waals surface area contributed by atoms with Crippen molar-refractivity contribution in [1.82, 2.24) is 0 Å². The van der Waals surface area contributed by atoms with E-state index in [2.05, 4.69) is 10.3 Å². The number of phosphoric acid groups is 1. The number of rotatable bonds is 25. The van der Waals surface area contributed by atoms with Gasteiger partial charge in [-0.05, 0) is 123 Å². The molecule has 0 saturated carbocycles. The number of benzene rings is 1. The molecule has 0 aliphatic carbocycles. The van der Waals surface area contributed by atoms with Crippen molar-refractivity contribution in [3.8, 4) is 0 Å². The third-order valence-corrected chi connectivity index (χ3v) is 22.3. The summed E-state index contributed by atoms with van der Waals surface area (Å²) in [7, 11) is -5.10. The second kappa shape index (κ2) is 27.2. The Morgan fingerprint density at radius 2 is 1.33 bits per heavy atom. The number of hydrogen-bond acceptors (Lipinski definition) is 14. The normalized spacial score (nSPS) is 36.9. The molecule has 5 saturated heterocycles. The minimum Gasteiger partial charge on any atom is -0.685 e. The molecular formula is C62H91CoN13O14P-5. The van der Waals surface area contributed by atoms with Crippen molar-refractivity contribution in [2.24, 2.45) is 84.7 Å². The van der Waals surface area contributed by atoms with Crippen molar-refractivity contribution < 1.29 is 83.8 Å². The smallest absolute Gasteiger partial charge is 0.473 e. The molecule has 27 nitrogen and oxygen atoms in total. The molecule has 0 spiro atoms. The van der Waals surface area contributed by atoms with Crippen molar-refractivity contribution in [3.63, 3.8) is 0 Å². The number of amides is 7. The van der Waals surface area contributed by atoms with E-state index in [4.69, 9.17) is 69.5 Å². The van der Waals surface area contributed by atoms with Crippen molar-refractivity contribution >= 4 is 66.8 Å². The Labute approximate surface area is 542 Å². The fourth-order valence-corrected chi connectivity index (χ4v) is 17.2. The number of carbonyl (C=O) groups excluding carboxylic acids is 7. The van der Waals surface area contributed by atoms with Crippen LogP contribution in [0.3, 0.4) is 0 Å². The first-order chi connectivity index (χ1) is 41.8. The summed E-state index contributed by atoms with van der Waals surface area (Å²) in [6, 6.07) is 0.423. The first kappa shape index (κ1) is 72.5. The Morgan fingerprint density at radius 3 is 1.91 bits per heavy atom. The van der Waals surface area contributed by atoms with E-state index in [1.807, 2.05) is 87.4 Å². The monoisotopic (exact) mass is 1330 g/mol. The number of nitrogens with two attached hydrogens (primary N) is 6. The molecule has 7 aliphatic rings. The molecule has 18 atom stereocenters. The number of carbonyl (C=O) groups is 7. The number of fused-ring (bicyclic) bond motifs is 10. The summed E-state index contributed by atoms with van der Waals surface area (Å²) in [6.07, 6.45) is -4.72. The summed E-state index contributed by atoms with van der Waals surface area (Å²) in [4.78, 5) is 110. The number of ether oxygens (including phenoxy) is 1. The van der Waals surface area contributed by atoms with E-state index >= 15 is 0 Å². The van der Waals surface area contributed by atoms with Gasteiger partial charge in [0, 0.05) is 73.6 Å². The maximum atomic E-state index is 14.3. The van der Waals surface area contributed by atoms with Crippen LogP contribution < -0.4 is 39.3 Å². The van der Waals surface area contributed by atoms with Crippen LogP contribution in [0.2, 0.25) is 0 Å². The van der Waals surface area contributed by atoms with Gasteiger partial charge in [-0.2, -0.15) is 17.1 Å². The van der Waals surface area contributed by atoms with Crippen molar-refractivity contribution in [2.75, 3.05) is 18.2 Å². The molecule has 8 bridgehead atoms. The SMILES string of the molecule is C/C1=C2/[N-]C(C(CC(N)=O)C2(C)CCC(=O)N=CC(C)OP(=O)(O)OC2C(CO)OC(N3C[N-]c4cc(C)c(C)cc43)C2O)C2(C)[N-]C(/C(C)=C3\[N-]C(/C=C4\[N-]C1C(CCC(N)=O)C4(C)C)C(CCC(N)=O)C3(C)CC(N)=O)C(CCC(N)=O)C2(C)CC(N)=O.[Co]. The zero-order chi connectivity index (χ0) is 66.7. The molecular weight excluding hydrogens is 1240 g/mol. The van der Waals surface area contributed by atoms with Gasteiger partial charge in [-0.25, -0.2) is 9.56 Å². The molecule has 0 aromatic heterocycles. The van der Waals surface area contributed by atoms with Crippen LogP contribution >= 0.6 is 7.82 Å². The Hall–Kier alpha value is -5.94. The summed E-state index contributed by atoms with van der Waals surface area (Å²) in [5.74, 6) is -7.12. The molecule has 7 heterocycles. The zero-order valence-electron chi connectivity index (χ0n) is 53.7. The predicted octanol–water partition coefficient (Wildman–Crippen LogP) is 5.59. The Balaban J connectivity index is 0.0000118. The van der Waals surface area contributed by atoms with Gasteiger partial charge in [0.15, 0.2) is 6.23 Å². The standard InChI is InChI=1S/C62H91N13O14P.Co/c1-29-20-39-40(21-30(29)2)75(28-70-39)57-52(84)53(41(27-76)87-57)89-90(85,86)88-31(3)26-69-49(83)18-19-59(8)37(22-46(66)80)56-62(11)61(10,25-48(68)82)36(14-17-45(65)79)51(74-62)33(5)55-60(9,24-47(67)81)34(12-15-43(63)77)38(71-55)23-42-58(6,7)35(13-16-44(64)78)50(72-42)32(4)54(59)73-56;/h20-21,23,26,31,34-38,41,50-53,56-57,76,84H,12-19,22,24-25,27-28H2,1-11H3,(H2,63,77)(H2,64,78)(H2,65,79)(H2,66,80)(H2,67,81)(H2,68,82)(H,85,86);/q-5;/b42-23-,54-32-,55-33-,69-26?;. The first-order valence-corrected chi connectivity index (χ1v) is 32.3. The van der Waals surface area contributed by atoms with Gasteiger partial charge in [0.25, 0.3) is 0 Å². The molecule has 1 radical (unpaired) electrons. The van der Waals surface area contributed by atoms with Crippen molar-refractivity contribution in [2.45, 2.75) is 207 Å². The van der Waals surface area contributed by atoms with E-state index in [-0.39, 0.29) is 94.1 Å². The molecule has 7 amide bonds. The van der Waals surface area contributed by atoms with Crippen LogP contribution in [0.4, 0.5) is 11.4 Å². The summed E-state index contributed by atoms with van der Waals surface area (Å²) < 4.78 is 30.6. The maximum Gasteiger partial charge on any atom is 0.473 e. The Morgan fingerprint density at radius 1 is 0.758 bits per heavy atom. The molecule has 1 aromatic rings. The number of phosphoric ester groups is 1. The van der Waals surface area contributed by atoms with E-state index in [0.717, 1.165) is 17.3 Å². The number of hydrogen-bond donors (Lipinski definition) is 9. The third kappa shape index (κ3) is 14.0. The van der Waals surface area contributed by atoms with Gasteiger partial charge in [0.2, 0.25) is 41.4 Å². The van der Waals surface area contributed by atoms with E-state index in [1.165, 1.54) is 6.92 Å². The van der Waals surface area contributed by atoms with Gasteiger partial charge in [0.05, 0.1) is 6.61 Å². The quantitative estimate of drug-likeness (QED) is 0.0425. The molecule has 91 heavy (non-hydrogen) atoms. The van der Waals surface area contributed by atoms with Crippen molar-refractivity contribution in [3.05, 3.63) is 84.2 Å². The minimum atomic E-state index is -5.10. The van der Waals surface area contributed by atoms with E-state index in [1.54, 1.807) is 4.90 Å². The van der Waals surface area contributed by atoms with Gasteiger partial charge in [-0.1, -0.05) is 66.4 Å². The summed E-state index contributed by atoms with van der Waals surface area (Å²) in [6.45, 7) is 19.7. The molecule has 18 unspecified atom stereocenters. The van der Waals surface area contributed by atoms with Crippen LogP contribution in [-0.4, -0.2) is 136 Å². The van der Waals surface area contributed by atoms with Crippen LogP contribution in [0, 0.1) is 59.2 Å².